The van der Waals surface area contributed by atoms with E-state index in [9.17, 15) is 0 Å². The maximum absolute atomic E-state index is 5.69. The zero-order valence-corrected chi connectivity index (χ0v) is 7.84. The van der Waals surface area contributed by atoms with Crippen LogP contribution in [0.25, 0.3) is 11.3 Å². The van der Waals surface area contributed by atoms with Crippen molar-refractivity contribution in [1.29, 1.82) is 0 Å². The van der Waals surface area contributed by atoms with E-state index < -0.39 is 0 Å². The molecule has 0 aliphatic rings. The Bertz CT molecular complexity index is 405. The molecule has 0 bridgehead atoms. The van der Waals surface area contributed by atoms with Crippen LogP contribution >= 0.6 is 11.6 Å². The normalized spacial score (nSPS) is 10.6. The lowest BCUT2D eigenvalue weighted by Gasteiger charge is -1.94. The number of hydrogen-bond donors (Lipinski definition) is 0. The lowest BCUT2D eigenvalue weighted by Crippen LogP contribution is -1.82. The van der Waals surface area contributed by atoms with E-state index >= 15 is 0 Å². The Kier molecular flexibility index (Phi) is 2.10. The predicted octanol–water partition coefficient (Wildman–Crippen LogP) is 2.98. The quantitative estimate of drug-likeness (QED) is 0.695. The van der Waals surface area contributed by atoms with Crippen molar-refractivity contribution >= 4 is 11.6 Å². The molecule has 2 aromatic heterocycles. The average Bonchev–Trinajstić information content (AvgIpc) is 2.71. The number of oxazole rings is 1. The molecule has 4 heteroatoms. The van der Waals surface area contributed by atoms with Crippen molar-refractivity contribution in [2.24, 2.45) is 0 Å². The molecule has 0 radical (unpaired) electrons. The molecule has 68 valence electrons. The summed E-state index contributed by atoms with van der Waals surface area (Å²) < 4.78 is 10.4. The molecule has 0 saturated carbocycles. The van der Waals surface area contributed by atoms with Gasteiger partial charge in [0.2, 0.25) is 0 Å². The summed E-state index contributed by atoms with van der Waals surface area (Å²) >= 11 is 5.69. The Labute approximate surface area is 80.3 Å². The van der Waals surface area contributed by atoms with Crippen LogP contribution < -0.4 is 0 Å². The highest BCUT2D eigenvalue weighted by atomic mass is 35.5. The molecule has 2 heterocycles. The highest BCUT2D eigenvalue weighted by molar-refractivity contribution is 6.17. The second-order valence-electron chi connectivity index (χ2n) is 2.65. The molecule has 0 fully saturated rings. The topological polar surface area (TPSA) is 39.2 Å². The first-order valence-electron chi connectivity index (χ1n) is 3.85. The molecule has 0 amide bonds. The van der Waals surface area contributed by atoms with E-state index in [1.54, 1.807) is 6.26 Å². The second-order valence-corrected chi connectivity index (χ2v) is 2.92. The van der Waals surface area contributed by atoms with Crippen LogP contribution in [0.4, 0.5) is 0 Å². The highest BCUT2D eigenvalue weighted by Gasteiger charge is 2.13. The molecule has 2 rings (SSSR count). The molecule has 13 heavy (non-hydrogen) atoms. The van der Waals surface area contributed by atoms with Gasteiger partial charge in [-0.1, -0.05) is 0 Å². The van der Waals surface area contributed by atoms with E-state index in [0.717, 1.165) is 17.0 Å². The van der Waals surface area contributed by atoms with Gasteiger partial charge in [0, 0.05) is 0 Å². The van der Waals surface area contributed by atoms with Crippen LogP contribution in [0.1, 0.15) is 11.5 Å². The number of halogens is 1. The Morgan fingerprint density at radius 3 is 2.92 bits per heavy atom. The molecule has 0 spiro atoms. The van der Waals surface area contributed by atoms with Crippen LogP contribution in [0.2, 0.25) is 0 Å². The molecule has 0 atom stereocenters. The van der Waals surface area contributed by atoms with Gasteiger partial charge in [-0.2, -0.15) is 0 Å². The Morgan fingerprint density at radius 2 is 2.31 bits per heavy atom. The molecular formula is C9H8ClNO2. The van der Waals surface area contributed by atoms with Gasteiger partial charge in [0.25, 0.3) is 0 Å². The van der Waals surface area contributed by atoms with E-state index in [1.807, 2.05) is 13.0 Å². The molecular weight excluding hydrogens is 190 g/mol. The smallest absolute Gasteiger partial charge is 0.181 e. The minimum absolute atomic E-state index is 0.344. The van der Waals surface area contributed by atoms with Crippen LogP contribution in [0.5, 0.6) is 0 Å². The fourth-order valence-corrected chi connectivity index (χ4v) is 1.39. The Balaban J connectivity index is 2.52. The summed E-state index contributed by atoms with van der Waals surface area (Å²) in [4.78, 5) is 3.99. The van der Waals surface area contributed by atoms with E-state index in [2.05, 4.69) is 4.98 Å². The predicted molar refractivity (Wildman–Crippen MR) is 48.5 cm³/mol. The Morgan fingerprint density at radius 1 is 1.46 bits per heavy atom. The zero-order valence-electron chi connectivity index (χ0n) is 7.08. The van der Waals surface area contributed by atoms with Crippen molar-refractivity contribution in [3.63, 3.8) is 0 Å². The molecule has 0 unspecified atom stereocenters. The number of aryl methyl sites for hydroxylation is 1. The van der Waals surface area contributed by atoms with Gasteiger partial charge in [-0.05, 0) is 13.0 Å². The summed E-state index contributed by atoms with van der Waals surface area (Å²) in [5.41, 5.74) is 1.65. The summed E-state index contributed by atoms with van der Waals surface area (Å²) in [5.74, 6) is 1.85. The van der Waals surface area contributed by atoms with Gasteiger partial charge in [-0.25, -0.2) is 4.98 Å². The number of alkyl halides is 1. The fourth-order valence-electron chi connectivity index (χ4n) is 1.20. The maximum Gasteiger partial charge on any atom is 0.181 e. The van der Waals surface area contributed by atoms with Crippen molar-refractivity contribution in [2.45, 2.75) is 12.8 Å². The van der Waals surface area contributed by atoms with Gasteiger partial charge in [0.05, 0.1) is 17.7 Å². The third-order valence-electron chi connectivity index (χ3n) is 1.87. The van der Waals surface area contributed by atoms with E-state index in [4.69, 9.17) is 20.4 Å². The molecule has 0 saturated heterocycles. The minimum atomic E-state index is 0.344. The van der Waals surface area contributed by atoms with Crippen LogP contribution in [0.15, 0.2) is 27.6 Å². The van der Waals surface area contributed by atoms with Crippen LogP contribution in [0.3, 0.4) is 0 Å². The van der Waals surface area contributed by atoms with Gasteiger partial charge in [0.1, 0.15) is 11.5 Å². The van der Waals surface area contributed by atoms with Gasteiger partial charge >= 0.3 is 0 Å². The standard InChI is InChI=1S/C9H8ClNO2/c1-6-7(2-3-12-6)9-8(4-10)11-5-13-9/h2-3,5H,4H2,1H3. The summed E-state index contributed by atoms with van der Waals surface area (Å²) in [7, 11) is 0. The first-order chi connectivity index (χ1) is 6.33. The zero-order chi connectivity index (χ0) is 9.26. The first-order valence-corrected chi connectivity index (χ1v) is 4.39. The van der Waals surface area contributed by atoms with E-state index in [0.29, 0.717) is 11.6 Å². The third-order valence-corrected chi connectivity index (χ3v) is 2.12. The van der Waals surface area contributed by atoms with Gasteiger partial charge in [-0.15, -0.1) is 11.6 Å². The average molecular weight is 198 g/mol. The van der Waals surface area contributed by atoms with Crippen molar-refractivity contribution in [3.05, 3.63) is 30.2 Å². The maximum atomic E-state index is 5.69. The van der Waals surface area contributed by atoms with E-state index in [-0.39, 0.29) is 0 Å². The largest absolute Gasteiger partial charge is 0.469 e. The SMILES string of the molecule is Cc1occc1-c1ocnc1CCl. The number of hydrogen-bond acceptors (Lipinski definition) is 3. The Hall–Kier alpha value is -1.22. The monoisotopic (exact) mass is 197 g/mol. The first kappa shape index (κ1) is 8.38. The van der Waals surface area contributed by atoms with E-state index in [1.165, 1.54) is 6.39 Å². The molecule has 0 N–H and O–H groups in total. The summed E-state index contributed by atoms with van der Waals surface area (Å²) in [5, 5.41) is 0. The lowest BCUT2D eigenvalue weighted by molar-refractivity contribution is 0.530. The summed E-state index contributed by atoms with van der Waals surface area (Å²) in [6.45, 7) is 1.87. The summed E-state index contributed by atoms with van der Waals surface area (Å²) in [6.07, 6.45) is 3.00. The van der Waals surface area contributed by atoms with Crippen LogP contribution in [-0.2, 0) is 5.88 Å². The lowest BCUT2D eigenvalue weighted by atomic mass is 10.2. The molecule has 0 aliphatic heterocycles. The molecule has 0 aromatic carbocycles. The minimum Gasteiger partial charge on any atom is -0.469 e. The third kappa shape index (κ3) is 1.35. The molecule has 2 aromatic rings. The number of nitrogens with zero attached hydrogens (tertiary/aromatic N) is 1. The molecule has 0 aliphatic carbocycles. The van der Waals surface area contributed by atoms with Crippen molar-refractivity contribution in [3.8, 4) is 11.3 Å². The second kappa shape index (κ2) is 3.26. The van der Waals surface area contributed by atoms with Crippen molar-refractivity contribution < 1.29 is 8.83 Å². The molecule has 3 nitrogen and oxygen atoms in total. The number of aromatic nitrogens is 1. The van der Waals surface area contributed by atoms with Gasteiger partial charge in [0.15, 0.2) is 12.2 Å². The highest BCUT2D eigenvalue weighted by Crippen LogP contribution is 2.27. The number of rotatable bonds is 2. The fraction of sp³-hybridized carbons (Fsp3) is 0.222. The van der Waals surface area contributed by atoms with Crippen molar-refractivity contribution in [1.82, 2.24) is 4.98 Å². The number of furan rings is 1. The van der Waals surface area contributed by atoms with Crippen LogP contribution in [-0.4, -0.2) is 4.98 Å². The summed E-state index contributed by atoms with van der Waals surface area (Å²) in [6, 6.07) is 1.84. The van der Waals surface area contributed by atoms with Crippen LogP contribution in [0, 0.1) is 6.92 Å². The van der Waals surface area contributed by atoms with Gasteiger partial charge < -0.3 is 8.83 Å². The van der Waals surface area contributed by atoms with Crippen molar-refractivity contribution in [2.75, 3.05) is 0 Å². The van der Waals surface area contributed by atoms with Gasteiger partial charge in [-0.3, -0.25) is 0 Å².